The van der Waals surface area contributed by atoms with Gasteiger partial charge in [-0.05, 0) is 12.1 Å². The summed E-state index contributed by atoms with van der Waals surface area (Å²) in [6.45, 7) is 1.61. The van der Waals surface area contributed by atoms with Crippen molar-refractivity contribution in [1.82, 2.24) is 5.32 Å². The minimum absolute atomic E-state index is 0.171. The van der Waals surface area contributed by atoms with E-state index in [1.807, 2.05) is 0 Å². The maximum atomic E-state index is 13.1. The zero-order valence-electron chi connectivity index (χ0n) is 7.10. The predicted octanol–water partition coefficient (Wildman–Crippen LogP) is 2.22. The van der Waals surface area contributed by atoms with Crippen molar-refractivity contribution < 1.29 is 9.18 Å². The van der Waals surface area contributed by atoms with Gasteiger partial charge < -0.3 is 5.32 Å². The Morgan fingerprint density at radius 2 is 2.31 bits per heavy atom. The van der Waals surface area contributed by atoms with E-state index in [2.05, 4.69) is 21.2 Å². The highest BCUT2D eigenvalue weighted by Crippen LogP contribution is 2.18. The van der Waals surface area contributed by atoms with Crippen molar-refractivity contribution >= 4 is 21.8 Å². The van der Waals surface area contributed by atoms with Crippen LogP contribution in [0.15, 0.2) is 22.7 Å². The number of rotatable bonds is 2. The van der Waals surface area contributed by atoms with Crippen LogP contribution in [0.5, 0.6) is 0 Å². The second kappa shape index (κ2) is 4.37. The molecule has 0 heterocycles. The van der Waals surface area contributed by atoms with Crippen LogP contribution in [0.3, 0.4) is 0 Å². The van der Waals surface area contributed by atoms with Crippen molar-refractivity contribution in [3.05, 3.63) is 34.1 Å². The number of amides is 1. The average Bonchev–Trinajstić information content (AvgIpc) is 2.03. The average molecular weight is 246 g/mol. The van der Waals surface area contributed by atoms with Crippen LogP contribution in [0.2, 0.25) is 0 Å². The van der Waals surface area contributed by atoms with E-state index in [9.17, 15) is 9.18 Å². The normalized spacial score (nSPS) is 9.77. The molecule has 0 radical (unpaired) electrons. The molecular formula is C9H9BrFNO. The standard InChI is InChI=1S/C9H9BrFNO/c1-6(13)12-5-7-8(10)3-2-4-9(7)11/h2-4H,5H2,1H3,(H,12,13). The van der Waals surface area contributed by atoms with Gasteiger partial charge in [-0.15, -0.1) is 0 Å². The lowest BCUT2D eigenvalue weighted by Crippen LogP contribution is -2.19. The highest BCUT2D eigenvalue weighted by molar-refractivity contribution is 9.10. The van der Waals surface area contributed by atoms with E-state index in [4.69, 9.17) is 0 Å². The van der Waals surface area contributed by atoms with Crippen LogP contribution in [0.25, 0.3) is 0 Å². The van der Waals surface area contributed by atoms with E-state index in [1.54, 1.807) is 12.1 Å². The number of carbonyl (C=O) groups excluding carboxylic acids is 1. The molecule has 0 unspecified atom stereocenters. The molecule has 0 bridgehead atoms. The topological polar surface area (TPSA) is 29.1 Å². The molecule has 0 aromatic heterocycles. The first kappa shape index (κ1) is 10.2. The number of benzene rings is 1. The summed E-state index contributed by atoms with van der Waals surface area (Å²) in [6.07, 6.45) is 0. The Hall–Kier alpha value is -0.900. The molecule has 0 fully saturated rings. The lowest BCUT2D eigenvalue weighted by atomic mass is 10.2. The van der Waals surface area contributed by atoms with Crippen molar-refractivity contribution in [2.75, 3.05) is 0 Å². The van der Waals surface area contributed by atoms with Crippen LogP contribution < -0.4 is 5.32 Å². The van der Waals surface area contributed by atoms with Gasteiger partial charge in [0.1, 0.15) is 5.82 Å². The molecule has 0 saturated heterocycles. The molecule has 1 amide bonds. The van der Waals surface area contributed by atoms with E-state index in [-0.39, 0.29) is 18.3 Å². The van der Waals surface area contributed by atoms with Gasteiger partial charge in [0.25, 0.3) is 0 Å². The summed E-state index contributed by atoms with van der Waals surface area (Å²) in [7, 11) is 0. The van der Waals surface area contributed by atoms with Crippen LogP contribution in [0, 0.1) is 5.82 Å². The summed E-state index contributed by atoms with van der Waals surface area (Å²) in [4.78, 5) is 10.6. The first-order valence-corrected chi connectivity index (χ1v) is 4.58. The molecule has 0 aliphatic rings. The molecule has 70 valence electrons. The smallest absolute Gasteiger partial charge is 0.217 e. The number of halogens is 2. The zero-order chi connectivity index (χ0) is 9.84. The quantitative estimate of drug-likeness (QED) is 0.851. The third-order valence-corrected chi connectivity index (χ3v) is 2.32. The monoisotopic (exact) mass is 245 g/mol. The van der Waals surface area contributed by atoms with Gasteiger partial charge in [-0.25, -0.2) is 4.39 Å². The molecule has 0 atom stereocenters. The third kappa shape index (κ3) is 2.81. The summed E-state index contributed by atoms with van der Waals surface area (Å²) in [6, 6.07) is 4.71. The van der Waals surface area contributed by atoms with Crippen molar-refractivity contribution in [3.8, 4) is 0 Å². The molecule has 2 nitrogen and oxygen atoms in total. The predicted molar refractivity (Wildman–Crippen MR) is 51.6 cm³/mol. The Morgan fingerprint density at radius 3 is 2.85 bits per heavy atom. The first-order valence-electron chi connectivity index (χ1n) is 3.78. The number of carbonyl (C=O) groups is 1. The second-order valence-corrected chi connectivity index (χ2v) is 3.46. The van der Waals surface area contributed by atoms with E-state index < -0.39 is 0 Å². The van der Waals surface area contributed by atoms with Gasteiger partial charge in [-0.2, -0.15) is 0 Å². The Balaban J connectivity index is 2.81. The number of nitrogens with one attached hydrogen (secondary N) is 1. The molecule has 0 aliphatic carbocycles. The van der Waals surface area contributed by atoms with Gasteiger partial charge in [0, 0.05) is 23.5 Å². The molecule has 0 spiro atoms. The zero-order valence-corrected chi connectivity index (χ0v) is 8.69. The molecule has 1 N–H and O–H groups in total. The van der Waals surface area contributed by atoms with E-state index in [0.29, 0.717) is 10.0 Å². The SMILES string of the molecule is CC(=O)NCc1c(F)cccc1Br. The molecule has 1 rings (SSSR count). The van der Waals surface area contributed by atoms with Crippen molar-refractivity contribution in [3.63, 3.8) is 0 Å². The third-order valence-electron chi connectivity index (χ3n) is 1.58. The van der Waals surface area contributed by atoms with E-state index in [0.717, 1.165) is 0 Å². The fourth-order valence-electron chi connectivity index (χ4n) is 0.914. The summed E-state index contributed by atoms with van der Waals surface area (Å²) in [5, 5.41) is 2.53. The minimum atomic E-state index is -0.317. The highest BCUT2D eigenvalue weighted by atomic mass is 79.9. The van der Waals surface area contributed by atoms with Crippen LogP contribution >= 0.6 is 15.9 Å². The van der Waals surface area contributed by atoms with Crippen molar-refractivity contribution in [2.24, 2.45) is 0 Å². The van der Waals surface area contributed by atoms with Gasteiger partial charge in [-0.1, -0.05) is 22.0 Å². The largest absolute Gasteiger partial charge is 0.352 e. The molecule has 0 aliphatic heterocycles. The van der Waals surface area contributed by atoms with Crippen molar-refractivity contribution in [1.29, 1.82) is 0 Å². The van der Waals surface area contributed by atoms with Gasteiger partial charge in [0.2, 0.25) is 5.91 Å². The van der Waals surface area contributed by atoms with E-state index >= 15 is 0 Å². The van der Waals surface area contributed by atoms with Gasteiger partial charge in [0.05, 0.1) is 0 Å². The Morgan fingerprint density at radius 1 is 1.62 bits per heavy atom. The minimum Gasteiger partial charge on any atom is -0.352 e. The Labute approximate surface area is 84.3 Å². The number of hydrogen-bond acceptors (Lipinski definition) is 1. The lowest BCUT2D eigenvalue weighted by Gasteiger charge is -2.05. The Bertz CT molecular complexity index is 307. The molecular weight excluding hydrogens is 237 g/mol. The summed E-state index contributed by atoms with van der Waals surface area (Å²) in [5.74, 6) is -0.488. The number of hydrogen-bond donors (Lipinski definition) is 1. The van der Waals surface area contributed by atoms with Crippen molar-refractivity contribution in [2.45, 2.75) is 13.5 Å². The van der Waals surface area contributed by atoms with E-state index in [1.165, 1.54) is 13.0 Å². The fourth-order valence-corrected chi connectivity index (χ4v) is 1.40. The maximum Gasteiger partial charge on any atom is 0.217 e. The van der Waals surface area contributed by atoms with Gasteiger partial charge >= 0.3 is 0 Å². The van der Waals surface area contributed by atoms with Gasteiger partial charge in [-0.3, -0.25) is 4.79 Å². The molecule has 0 saturated carbocycles. The summed E-state index contributed by atoms with van der Waals surface area (Å²) in [5.41, 5.74) is 0.470. The molecule has 1 aromatic carbocycles. The maximum absolute atomic E-state index is 13.1. The summed E-state index contributed by atoms with van der Waals surface area (Å²) >= 11 is 3.21. The molecule has 13 heavy (non-hydrogen) atoms. The van der Waals surface area contributed by atoms with Crippen LogP contribution in [-0.4, -0.2) is 5.91 Å². The first-order chi connectivity index (χ1) is 6.11. The van der Waals surface area contributed by atoms with Crippen LogP contribution in [0.1, 0.15) is 12.5 Å². The molecule has 1 aromatic rings. The molecule has 4 heteroatoms. The Kier molecular flexibility index (Phi) is 3.42. The highest BCUT2D eigenvalue weighted by Gasteiger charge is 2.05. The summed E-state index contributed by atoms with van der Waals surface area (Å²) < 4.78 is 13.8. The fraction of sp³-hybridized carbons (Fsp3) is 0.222. The lowest BCUT2D eigenvalue weighted by molar-refractivity contribution is -0.119. The van der Waals surface area contributed by atoms with Crippen LogP contribution in [0.4, 0.5) is 4.39 Å². The van der Waals surface area contributed by atoms with Crippen LogP contribution in [-0.2, 0) is 11.3 Å². The second-order valence-electron chi connectivity index (χ2n) is 2.61. The van der Waals surface area contributed by atoms with Gasteiger partial charge in [0.15, 0.2) is 0 Å².